The second kappa shape index (κ2) is 10.4. The van der Waals surface area contributed by atoms with Crippen LogP contribution in [0.3, 0.4) is 0 Å². The number of carbonyl (C=O) groups is 1. The summed E-state index contributed by atoms with van der Waals surface area (Å²) in [7, 11) is 1.57. The summed E-state index contributed by atoms with van der Waals surface area (Å²) < 4.78 is 10.1. The average molecular weight is 325 g/mol. The average Bonchev–Trinajstić information content (AvgIpc) is 2.51. The molecule has 0 aromatic heterocycles. The third-order valence-electron chi connectivity index (χ3n) is 3.50. The Morgan fingerprint density at radius 3 is 2.64 bits per heavy atom. The number of rotatable bonds is 10. The van der Waals surface area contributed by atoms with Crippen LogP contribution in [0.4, 0.5) is 0 Å². The third-order valence-corrected chi connectivity index (χ3v) is 3.70. The predicted octanol–water partition coefficient (Wildman–Crippen LogP) is 4.14. The number of carbonyl (C=O) groups excluding carboxylic acids is 1. The van der Waals surface area contributed by atoms with E-state index in [-0.39, 0.29) is 5.91 Å². The van der Waals surface area contributed by atoms with Gasteiger partial charge in [0.05, 0.1) is 7.11 Å². The lowest BCUT2D eigenvalue weighted by Crippen LogP contribution is -2.22. The zero-order valence-corrected chi connectivity index (χ0v) is 14.6. The summed E-state index contributed by atoms with van der Waals surface area (Å²) >= 11 is 3.77. The Labute approximate surface area is 139 Å². The van der Waals surface area contributed by atoms with E-state index in [9.17, 15) is 4.79 Å². The molecule has 4 nitrogen and oxygen atoms in total. The molecule has 0 bridgehead atoms. The van der Waals surface area contributed by atoms with Gasteiger partial charge in [-0.05, 0) is 30.0 Å². The first-order valence-electron chi connectivity index (χ1n) is 7.81. The van der Waals surface area contributed by atoms with Gasteiger partial charge >= 0.3 is 0 Å². The molecule has 1 aromatic rings. The number of methoxy groups -OCH3 is 1. The third kappa shape index (κ3) is 7.07. The van der Waals surface area contributed by atoms with E-state index in [0.29, 0.717) is 24.5 Å². The minimum absolute atomic E-state index is 0.0954. The molecule has 1 rings (SSSR count). The molecule has 124 valence electrons. The number of ether oxygens (including phenoxy) is 1. The summed E-state index contributed by atoms with van der Waals surface area (Å²) in [5, 5.41) is 2.93. The van der Waals surface area contributed by atoms with E-state index in [1.807, 2.05) is 12.1 Å². The summed E-state index contributed by atoms with van der Waals surface area (Å²) in [5.74, 6) is 2.01. The molecule has 0 spiro atoms. The fourth-order valence-corrected chi connectivity index (χ4v) is 2.35. The number of amides is 1. The fraction of sp³-hybridized carbons (Fsp3) is 0.588. The molecule has 0 saturated heterocycles. The molecule has 0 heterocycles. The first kappa shape index (κ1) is 18.7. The first-order valence-corrected chi connectivity index (χ1v) is 8.18. The molecule has 0 aliphatic carbocycles. The van der Waals surface area contributed by atoms with Gasteiger partial charge in [0.2, 0.25) is 5.91 Å². The van der Waals surface area contributed by atoms with Crippen LogP contribution in [0.1, 0.15) is 51.5 Å². The number of hydrogen-bond donors (Lipinski definition) is 2. The van der Waals surface area contributed by atoms with E-state index in [4.69, 9.17) is 8.92 Å². The topological polar surface area (TPSA) is 47.6 Å². The molecule has 1 N–H and O–H groups in total. The first-order chi connectivity index (χ1) is 10.6. The zero-order valence-electron chi connectivity index (χ0n) is 13.7. The molecule has 0 radical (unpaired) electrons. The van der Waals surface area contributed by atoms with Gasteiger partial charge < -0.3 is 14.2 Å². The van der Waals surface area contributed by atoms with Gasteiger partial charge in [-0.2, -0.15) is 0 Å². The predicted molar refractivity (Wildman–Crippen MR) is 92.4 cm³/mol. The molecular weight excluding hydrogens is 298 g/mol. The Hall–Kier alpha value is -1.36. The Morgan fingerprint density at radius 2 is 2.00 bits per heavy atom. The smallest absolute Gasteiger partial charge is 0.220 e. The van der Waals surface area contributed by atoms with Crippen molar-refractivity contribution in [3.05, 3.63) is 23.8 Å². The largest absolute Gasteiger partial charge is 0.493 e. The Morgan fingerprint density at radius 1 is 1.23 bits per heavy atom. The number of thiol groups is 1. The minimum Gasteiger partial charge on any atom is -0.493 e. The van der Waals surface area contributed by atoms with E-state index >= 15 is 0 Å². The maximum Gasteiger partial charge on any atom is 0.220 e. The van der Waals surface area contributed by atoms with Crippen molar-refractivity contribution in [3.63, 3.8) is 0 Å². The van der Waals surface area contributed by atoms with E-state index < -0.39 is 0 Å². The molecule has 22 heavy (non-hydrogen) atoms. The van der Waals surface area contributed by atoms with Gasteiger partial charge in [0, 0.05) is 25.9 Å². The van der Waals surface area contributed by atoms with Gasteiger partial charge in [-0.25, -0.2) is 0 Å². The van der Waals surface area contributed by atoms with Gasteiger partial charge in [0.25, 0.3) is 0 Å². The summed E-state index contributed by atoms with van der Waals surface area (Å²) in [6.07, 6.45) is 5.10. The molecule has 0 saturated carbocycles. The van der Waals surface area contributed by atoms with Crippen molar-refractivity contribution in [1.82, 2.24) is 5.32 Å². The fourth-order valence-electron chi connectivity index (χ4n) is 2.20. The Balaban J connectivity index is 2.29. The molecule has 5 heteroatoms. The number of nitrogens with one attached hydrogen (secondary N) is 1. The standard InChI is InChI=1S/C17H27NO3S/c1-13(2)7-5-4-6-8-17(19)18-12-14-9-10-15(21-22)16(11-14)20-3/h9-11,13,22H,4-8,12H2,1-3H3,(H,18,19). The van der Waals surface area contributed by atoms with Crippen LogP contribution < -0.4 is 14.2 Å². The lowest BCUT2D eigenvalue weighted by atomic mass is 10.0. The monoisotopic (exact) mass is 325 g/mol. The highest BCUT2D eigenvalue weighted by molar-refractivity contribution is 7.75. The van der Waals surface area contributed by atoms with E-state index in [0.717, 1.165) is 24.3 Å². The minimum atomic E-state index is 0.0954. The van der Waals surface area contributed by atoms with Crippen molar-refractivity contribution in [1.29, 1.82) is 0 Å². The van der Waals surface area contributed by atoms with Crippen LogP contribution in [0.2, 0.25) is 0 Å². The summed E-state index contributed by atoms with van der Waals surface area (Å²) in [6, 6.07) is 5.50. The highest BCUT2D eigenvalue weighted by atomic mass is 32.1. The van der Waals surface area contributed by atoms with Crippen molar-refractivity contribution in [2.45, 2.75) is 52.5 Å². The van der Waals surface area contributed by atoms with Crippen molar-refractivity contribution in [2.75, 3.05) is 7.11 Å². The normalized spacial score (nSPS) is 10.6. The molecule has 0 aliphatic heterocycles. The van der Waals surface area contributed by atoms with Gasteiger partial charge in [0.1, 0.15) is 0 Å². The SMILES string of the molecule is COc1cc(CNC(=O)CCCCCC(C)C)ccc1OS. The molecule has 0 atom stereocenters. The lowest BCUT2D eigenvalue weighted by Gasteiger charge is -2.10. The van der Waals surface area contributed by atoms with Crippen LogP contribution in [-0.4, -0.2) is 13.0 Å². The molecule has 1 amide bonds. The second-order valence-electron chi connectivity index (χ2n) is 5.85. The van der Waals surface area contributed by atoms with Gasteiger partial charge in [-0.15, -0.1) is 0 Å². The summed E-state index contributed by atoms with van der Waals surface area (Å²) in [6.45, 7) is 4.95. The van der Waals surface area contributed by atoms with Crippen molar-refractivity contribution in [2.24, 2.45) is 5.92 Å². The van der Waals surface area contributed by atoms with Crippen LogP contribution in [-0.2, 0) is 11.3 Å². The maximum atomic E-state index is 11.8. The van der Waals surface area contributed by atoms with Crippen LogP contribution in [0.25, 0.3) is 0 Å². The van der Waals surface area contributed by atoms with Crippen LogP contribution in [0.15, 0.2) is 18.2 Å². The highest BCUT2D eigenvalue weighted by Crippen LogP contribution is 2.28. The van der Waals surface area contributed by atoms with Crippen LogP contribution in [0, 0.1) is 5.92 Å². The van der Waals surface area contributed by atoms with Crippen LogP contribution >= 0.6 is 12.9 Å². The van der Waals surface area contributed by atoms with Crippen molar-refractivity contribution < 1.29 is 13.7 Å². The van der Waals surface area contributed by atoms with E-state index in [2.05, 4.69) is 32.1 Å². The van der Waals surface area contributed by atoms with Crippen molar-refractivity contribution in [3.8, 4) is 11.5 Å². The van der Waals surface area contributed by atoms with E-state index in [1.165, 1.54) is 12.8 Å². The molecule has 1 aromatic carbocycles. The summed E-state index contributed by atoms with van der Waals surface area (Å²) in [5.41, 5.74) is 0.971. The molecule has 0 aliphatic rings. The molecular formula is C17H27NO3S. The Bertz CT molecular complexity index is 463. The van der Waals surface area contributed by atoms with Gasteiger partial charge in [0.15, 0.2) is 11.5 Å². The molecule has 0 fully saturated rings. The number of unbranched alkanes of at least 4 members (excludes halogenated alkanes) is 2. The summed E-state index contributed by atoms with van der Waals surface area (Å²) in [4.78, 5) is 11.8. The quantitative estimate of drug-likeness (QED) is 0.386. The Kier molecular flexibility index (Phi) is 8.82. The zero-order chi connectivity index (χ0) is 16.4. The highest BCUT2D eigenvalue weighted by Gasteiger charge is 2.06. The van der Waals surface area contributed by atoms with Gasteiger partial charge in [-0.1, -0.05) is 39.2 Å². The number of hydrogen-bond acceptors (Lipinski definition) is 4. The van der Waals surface area contributed by atoms with Gasteiger partial charge in [-0.3, -0.25) is 4.79 Å². The second-order valence-corrected chi connectivity index (χ2v) is 6.03. The van der Waals surface area contributed by atoms with Crippen molar-refractivity contribution >= 4 is 18.8 Å². The molecule has 0 unspecified atom stereocenters. The maximum absolute atomic E-state index is 11.8. The van der Waals surface area contributed by atoms with E-state index in [1.54, 1.807) is 13.2 Å². The number of benzene rings is 1. The lowest BCUT2D eigenvalue weighted by molar-refractivity contribution is -0.121. The van der Waals surface area contributed by atoms with Crippen LogP contribution in [0.5, 0.6) is 11.5 Å².